The largest absolute Gasteiger partial charge is 0.506 e. The smallest absolute Gasteiger partial charge is 0.356 e. The van der Waals surface area contributed by atoms with Gasteiger partial charge in [0, 0.05) is 12.5 Å². The summed E-state index contributed by atoms with van der Waals surface area (Å²) in [6.07, 6.45) is 0. The number of Topliss-reactive ketones (excluding diaryl/α,β-unsaturated/α-hetero) is 1. The lowest BCUT2D eigenvalue weighted by Crippen LogP contribution is -2.03. The van der Waals surface area contributed by atoms with Gasteiger partial charge in [0.1, 0.15) is 15.6 Å². The molecule has 0 fully saturated rings. The van der Waals surface area contributed by atoms with Gasteiger partial charge in [-0.05, 0) is 18.2 Å². The van der Waals surface area contributed by atoms with Crippen molar-refractivity contribution in [3.05, 3.63) is 33.8 Å². The quantitative estimate of drug-likeness (QED) is 0.850. The van der Waals surface area contributed by atoms with E-state index in [0.29, 0.717) is 10.6 Å². The summed E-state index contributed by atoms with van der Waals surface area (Å²) < 4.78 is 0. The number of rotatable bonds is 3. The van der Waals surface area contributed by atoms with E-state index >= 15 is 0 Å². The van der Waals surface area contributed by atoms with Crippen LogP contribution in [0.5, 0.6) is 5.75 Å². The van der Waals surface area contributed by atoms with Gasteiger partial charge in [-0.25, -0.2) is 9.78 Å². The molecule has 0 saturated heterocycles. The molecule has 19 heavy (non-hydrogen) atoms. The number of hydrogen-bond donors (Lipinski definition) is 2. The Morgan fingerprint density at radius 3 is 2.53 bits per heavy atom. The maximum atomic E-state index is 11.4. The molecule has 2 N–H and O–H groups in total. The Labute approximate surface area is 117 Å². The second-order valence-electron chi connectivity index (χ2n) is 3.72. The van der Waals surface area contributed by atoms with Gasteiger partial charge >= 0.3 is 5.97 Å². The highest BCUT2D eigenvalue weighted by Crippen LogP contribution is 2.33. The predicted molar refractivity (Wildman–Crippen MR) is 71.2 cm³/mol. The summed E-state index contributed by atoms with van der Waals surface area (Å²) in [7, 11) is 0. The Kier molecular flexibility index (Phi) is 3.55. The first kappa shape index (κ1) is 13.5. The molecule has 0 saturated carbocycles. The Hall–Kier alpha value is -1.92. The molecular formula is C12H8ClNO4S. The van der Waals surface area contributed by atoms with Crippen molar-refractivity contribution < 1.29 is 19.8 Å². The Bertz CT molecular complexity index is 649. The van der Waals surface area contributed by atoms with Crippen LogP contribution in [0.2, 0.25) is 5.02 Å². The van der Waals surface area contributed by atoms with E-state index in [1.165, 1.54) is 19.1 Å². The van der Waals surface area contributed by atoms with E-state index in [2.05, 4.69) is 4.98 Å². The monoisotopic (exact) mass is 297 g/mol. The van der Waals surface area contributed by atoms with Gasteiger partial charge in [0.25, 0.3) is 0 Å². The molecule has 0 atom stereocenters. The van der Waals surface area contributed by atoms with Crippen molar-refractivity contribution in [2.45, 2.75) is 6.92 Å². The minimum absolute atomic E-state index is 0.0766. The van der Waals surface area contributed by atoms with Crippen molar-refractivity contribution in [1.82, 2.24) is 4.98 Å². The van der Waals surface area contributed by atoms with Crippen LogP contribution in [0.15, 0.2) is 18.2 Å². The molecule has 7 heteroatoms. The van der Waals surface area contributed by atoms with Crippen LogP contribution in [0.3, 0.4) is 0 Å². The van der Waals surface area contributed by atoms with Gasteiger partial charge < -0.3 is 10.2 Å². The van der Waals surface area contributed by atoms with Gasteiger partial charge in [-0.15, -0.1) is 11.3 Å². The van der Waals surface area contributed by atoms with Crippen molar-refractivity contribution in [2.24, 2.45) is 0 Å². The topological polar surface area (TPSA) is 87.5 Å². The Balaban J connectivity index is 2.57. The fraction of sp³-hybridized carbons (Fsp3) is 0.0833. The zero-order valence-electron chi connectivity index (χ0n) is 9.68. The average molecular weight is 298 g/mol. The summed E-state index contributed by atoms with van der Waals surface area (Å²) in [5.74, 6) is -1.68. The number of benzene rings is 1. The first-order chi connectivity index (χ1) is 8.90. The van der Waals surface area contributed by atoms with Crippen LogP contribution >= 0.6 is 22.9 Å². The summed E-state index contributed by atoms with van der Waals surface area (Å²) >= 11 is 6.76. The van der Waals surface area contributed by atoms with Crippen LogP contribution in [0.25, 0.3) is 10.6 Å². The molecule has 0 bridgehead atoms. The normalized spacial score (nSPS) is 10.4. The number of carbonyl (C=O) groups excluding carboxylic acids is 1. The van der Waals surface area contributed by atoms with E-state index in [4.69, 9.17) is 16.7 Å². The van der Waals surface area contributed by atoms with Gasteiger partial charge in [0.2, 0.25) is 0 Å². The van der Waals surface area contributed by atoms with E-state index in [9.17, 15) is 14.7 Å². The van der Waals surface area contributed by atoms with Gasteiger partial charge in [0.15, 0.2) is 11.5 Å². The van der Waals surface area contributed by atoms with E-state index in [1.807, 2.05) is 0 Å². The summed E-state index contributed by atoms with van der Waals surface area (Å²) in [5.41, 5.74) is 0.277. The lowest BCUT2D eigenvalue weighted by atomic mass is 10.2. The number of carbonyl (C=O) groups is 2. The SMILES string of the molecule is CC(=O)c1sc(-c2ccc(O)c(Cl)c2)nc1C(=O)O. The molecule has 1 heterocycles. The van der Waals surface area contributed by atoms with Crippen molar-refractivity contribution in [3.8, 4) is 16.3 Å². The average Bonchev–Trinajstić information content (AvgIpc) is 2.78. The number of aromatic nitrogens is 1. The van der Waals surface area contributed by atoms with Crippen molar-refractivity contribution in [3.63, 3.8) is 0 Å². The summed E-state index contributed by atoms with van der Waals surface area (Å²) in [4.78, 5) is 26.4. The number of phenols is 1. The molecule has 0 aliphatic carbocycles. The first-order valence-corrected chi connectivity index (χ1v) is 6.33. The summed E-state index contributed by atoms with van der Waals surface area (Å²) in [5, 5.41) is 18.8. The lowest BCUT2D eigenvalue weighted by molar-refractivity contribution is 0.0687. The highest BCUT2D eigenvalue weighted by Gasteiger charge is 2.21. The maximum Gasteiger partial charge on any atom is 0.356 e. The minimum Gasteiger partial charge on any atom is -0.506 e. The summed E-state index contributed by atoms with van der Waals surface area (Å²) in [6, 6.07) is 4.40. The van der Waals surface area contributed by atoms with Crippen LogP contribution < -0.4 is 0 Å². The molecule has 0 unspecified atom stereocenters. The van der Waals surface area contributed by atoms with Crippen LogP contribution in [-0.2, 0) is 0 Å². The second kappa shape index (κ2) is 4.99. The molecule has 0 amide bonds. The first-order valence-electron chi connectivity index (χ1n) is 5.14. The fourth-order valence-corrected chi connectivity index (χ4v) is 2.60. The summed E-state index contributed by atoms with van der Waals surface area (Å²) in [6.45, 7) is 1.29. The number of phenolic OH excluding ortho intramolecular Hbond substituents is 1. The minimum atomic E-state index is -1.25. The maximum absolute atomic E-state index is 11.4. The molecule has 1 aromatic carbocycles. The fourth-order valence-electron chi connectivity index (χ4n) is 1.47. The van der Waals surface area contributed by atoms with Gasteiger partial charge in [-0.3, -0.25) is 4.79 Å². The third-order valence-electron chi connectivity index (χ3n) is 2.34. The highest BCUT2D eigenvalue weighted by molar-refractivity contribution is 7.17. The van der Waals surface area contributed by atoms with Crippen molar-refractivity contribution in [1.29, 1.82) is 0 Å². The second-order valence-corrected chi connectivity index (χ2v) is 5.13. The number of thiazole rings is 1. The number of aromatic carboxylic acids is 1. The zero-order valence-corrected chi connectivity index (χ0v) is 11.2. The molecular weight excluding hydrogens is 290 g/mol. The van der Waals surface area contributed by atoms with Crippen molar-refractivity contribution >= 4 is 34.7 Å². The number of halogens is 1. The van der Waals surface area contributed by atoms with Crippen LogP contribution in [-0.4, -0.2) is 26.9 Å². The zero-order chi connectivity index (χ0) is 14.2. The molecule has 0 aliphatic rings. The third kappa shape index (κ3) is 2.59. The molecule has 98 valence electrons. The molecule has 0 spiro atoms. The van der Waals surface area contributed by atoms with Crippen LogP contribution in [0, 0.1) is 0 Å². The van der Waals surface area contributed by atoms with Gasteiger partial charge in [0.05, 0.1) is 5.02 Å². The molecule has 0 radical (unpaired) electrons. The lowest BCUT2D eigenvalue weighted by Gasteiger charge is -1.99. The van der Waals surface area contributed by atoms with Crippen molar-refractivity contribution in [2.75, 3.05) is 0 Å². The number of carboxylic acid groups (broad SMARTS) is 1. The third-order valence-corrected chi connectivity index (χ3v) is 3.85. The number of ketones is 1. The molecule has 1 aromatic heterocycles. The van der Waals surface area contributed by atoms with E-state index in [1.54, 1.807) is 6.07 Å². The number of carboxylic acids is 1. The van der Waals surface area contributed by atoms with E-state index < -0.39 is 5.97 Å². The highest BCUT2D eigenvalue weighted by atomic mass is 35.5. The van der Waals surface area contributed by atoms with Gasteiger partial charge in [-0.1, -0.05) is 11.6 Å². The van der Waals surface area contributed by atoms with Crippen LogP contribution in [0.1, 0.15) is 27.1 Å². The Morgan fingerprint density at radius 2 is 2.05 bits per heavy atom. The van der Waals surface area contributed by atoms with E-state index in [-0.39, 0.29) is 27.1 Å². The Morgan fingerprint density at radius 1 is 1.37 bits per heavy atom. The molecule has 2 rings (SSSR count). The number of hydrogen-bond acceptors (Lipinski definition) is 5. The standard InChI is InChI=1S/C12H8ClNO4S/c1-5(15)10-9(12(17)18)14-11(19-10)6-2-3-8(16)7(13)4-6/h2-4,16H,1H3,(H,17,18). The molecule has 0 aliphatic heterocycles. The molecule has 2 aromatic rings. The van der Waals surface area contributed by atoms with Crippen LogP contribution in [0.4, 0.5) is 0 Å². The number of aromatic hydroxyl groups is 1. The van der Waals surface area contributed by atoms with Gasteiger partial charge in [-0.2, -0.15) is 0 Å². The number of nitrogens with zero attached hydrogens (tertiary/aromatic N) is 1. The van der Waals surface area contributed by atoms with E-state index in [0.717, 1.165) is 11.3 Å². The predicted octanol–water partition coefficient (Wildman–Crippen LogP) is 3.07. The molecule has 5 nitrogen and oxygen atoms in total.